The van der Waals surface area contributed by atoms with E-state index in [9.17, 15) is 9.59 Å². The molecule has 1 atom stereocenters. The summed E-state index contributed by atoms with van der Waals surface area (Å²) < 4.78 is 0. The van der Waals surface area contributed by atoms with E-state index in [1.165, 1.54) is 0 Å². The summed E-state index contributed by atoms with van der Waals surface area (Å²) in [4.78, 5) is 35.5. The van der Waals surface area contributed by atoms with Crippen LogP contribution in [0.4, 0.5) is 0 Å². The van der Waals surface area contributed by atoms with Crippen molar-refractivity contribution in [3.05, 3.63) is 39.8 Å². The molecule has 7 heteroatoms. The number of H-pyrrole nitrogens is 1. The van der Waals surface area contributed by atoms with Gasteiger partial charge in [0, 0.05) is 44.5 Å². The van der Waals surface area contributed by atoms with E-state index in [-0.39, 0.29) is 11.5 Å². The highest BCUT2D eigenvalue weighted by molar-refractivity contribution is 5.80. The van der Waals surface area contributed by atoms with Crippen LogP contribution in [0.3, 0.4) is 0 Å². The summed E-state index contributed by atoms with van der Waals surface area (Å²) >= 11 is 0. The van der Waals surface area contributed by atoms with Crippen LogP contribution in [0.25, 0.3) is 11.0 Å². The van der Waals surface area contributed by atoms with Crippen LogP contribution >= 0.6 is 0 Å². The highest BCUT2D eigenvalue weighted by Gasteiger charge is 2.24. The van der Waals surface area contributed by atoms with E-state index in [4.69, 9.17) is 5.26 Å². The van der Waals surface area contributed by atoms with Crippen LogP contribution in [0.15, 0.2) is 23.1 Å². The lowest BCUT2D eigenvalue weighted by Gasteiger charge is -2.35. The lowest BCUT2D eigenvalue weighted by Crippen LogP contribution is -2.49. The number of hydrogen-bond acceptors (Lipinski definition) is 5. The number of nitriles is 1. The number of nitrogens with zero attached hydrogens (tertiary/aromatic N) is 4. The predicted molar refractivity (Wildman–Crippen MR) is 98.4 cm³/mol. The van der Waals surface area contributed by atoms with Gasteiger partial charge in [0.2, 0.25) is 5.91 Å². The number of aryl methyl sites for hydroxylation is 1. The Morgan fingerprint density at radius 1 is 1.35 bits per heavy atom. The number of fused-ring (bicyclic) bond motifs is 1. The quantitative estimate of drug-likeness (QED) is 0.894. The first-order valence-electron chi connectivity index (χ1n) is 8.93. The van der Waals surface area contributed by atoms with Crippen molar-refractivity contribution in [1.29, 1.82) is 5.26 Å². The van der Waals surface area contributed by atoms with Crippen LogP contribution in [-0.2, 0) is 17.8 Å². The Hall–Kier alpha value is -2.72. The molecule has 0 aromatic carbocycles. The molecule has 0 aliphatic carbocycles. The standard InChI is InChI=1S/C19H23N5O2/c1-3-15-9-16-17(22-18(15)25)8-14(11-21-16)12-23-4-6-24(7-5-23)19(26)13(2)10-20/h8-9,11,13H,3-7,12H2,1-2H3,(H,22,25). The number of aromatic amines is 1. The lowest BCUT2D eigenvalue weighted by atomic mass is 10.1. The van der Waals surface area contributed by atoms with E-state index in [1.54, 1.807) is 11.8 Å². The van der Waals surface area contributed by atoms with E-state index >= 15 is 0 Å². The zero-order chi connectivity index (χ0) is 18.7. The Bertz CT molecular complexity index is 906. The number of pyridine rings is 2. The van der Waals surface area contributed by atoms with Gasteiger partial charge in [0.25, 0.3) is 5.56 Å². The van der Waals surface area contributed by atoms with Crippen LogP contribution in [-0.4, -0.2) is 51.9 Å². The maximum Gasteiger partial charge on any atom is 0.251 e. The molecule has 0 saturated carbocycles. The van der Waals surface area contributed by atoms with Gasteiger partial charge in [-0.05, 0) is 31.0 Å². The largest absolute Gasteiger partial charge is 0.339 e. The van der Waals surface area contributed by atoms with Gasteiger partial charge in [-0.15, -0.1) is 0 Å². The molecular weight excluding hydrogens is 330 g/mol. The fourth-order valence-electron chi connectivity index (χ4n) is 3.23. The van der Waals surface area contributed by atoms with Crippen LogP contribution in [0.1, 0.15) is 25.0 Å². The molecule has 1 fully saturated rings. The van der Waals surface area contributed by atoms with Crippen molar-refractivity contribution in [2.45, 2.75) is 26.8 Å². The first kappa shape index (κ1) is 18.1. The molecule has 3 heterocycles. The van der Waals surface area contributed by atoms with Gasteiger partial charge in [0.1, 0.15) is 5.92 Å². The molecule has 3 rings (SSSR count). The molecule has 1 aliphatic heterocycles. The second-order valence-electron chi connectivity index (χ2n) is 6.71. The second-order valence-corrected chi connectivity index (χ2v) is 6.71. The van der Waals surface area contributed by atoms with Gasteiger partial charge in [-0.25, -0.2) is 0 Å². The number of nitrogens with one attached hydrogen (secondary N) is 1. The SMILES string of the molecule is CCc1cc2ncc(CN3CCN(C(=O)C(C)C#N)CC3)cc2[nH]c1=O. The zero-order valence-corrected chi connectivity index (χ0v) is 15.2. The Balaban J connectivity index is 1.66. The van der Waals surface area contributed by atoms with Gasteiger partial charge in [0.15, 0.2) is 0 Å². The number of rotatable bonds is 4. The molecule has 1 unspecified atom stereocenters. The number of piperazine rings is 1. The summed E-state index contributed by atoms with van der Waals surface area (Å²) in [6, 6.07) is 5.82. The first-order valence-corrected chi connectivity index (χ1v) is 8.93. The molecule has 136 valence electrons. The fraction of sp³-hybridized carbons (Fsp3) is 0.474. The third kappa shape index (κ3) is 3.75. The molecule has 0 radical (unpaired) electrons. The lowest BCUT2D eigenvalue weighted by molar-refractivity contribution is -0.135. The number of aromatic nitrogens is 2. The van der Waals surface area contributed by atoms with Gasteiger partial charge >= 0.3 is 0 Å². The van der Waals surface area contributed by atoms with Gasteiger partial charge in [-0.2, -0.15) is 5.26 Å². The van der Waals surface area contributed by atoms with Gasteiger partial charge in [-0.1, -0.05) is 6.92 Å². The minimum absolute atomic E-state index is 0.0577. The average molecular weight is 353 g/mol. The summed E-state index contributed by atoms with van der Waals surface area (Å²) in [6.45, 7) is 7.08. The molecule has 2 aromatic heterocycles. The zero-order valence-electron chi connectivity index (χ0n) is 15.2. The molecular formula is C19H23N5O2. The monoisotopic (exact) mass is 353 g/mol. The third-order valence-corrected chi connectivity index (χ3v) is 4.86. The fourth-order valence-corrected chi connectivity index (χ4v) is 3.23. The molecule has 1 saturated heterocycles. The summed E-state index contributed by atoms with van der Waals surface area (Å²) in [6.07, 6.45) is 2.53. The molecule has 1 amide bonds. The normalized spacial score (nSPS) is 16.4. The Kier molecular flexibility index (Phi) is 5.33. The maximum atomic E-state index is 12.1. The topological polar surface area (TPSA) is 93.1 Å². The number of hydrogen-bond donors (Lipinski definition) is 1. The number of carbonyl (C=O) groups is 1. The van der Waals surface area contributed by atoms with Gasteiger partial charge < -0.3 is 9.88 Å². The first-order chi connectivity index (χ1) is 12.5. The van der Waals surface area contributed by atoms with Crippen molar-refractivity contribution in [2.24, 2.45) is 5.92 Å². The molecule has 2 aromatic rings. The molecule has 0 spiro atoms. The summed E-state index contributed by atoms with van der Waals surface area (Å²) in [5, 5.41) is 8.88. The summed E-state index contributed by atoms with van der Waals surface area (Å²) in [5.74, 6) is -0.681. The number of carbonyl (C=O) groups excluding carboxylic acids is 1. The smallest absolute Gasteiger partial charge is 0.251 e. The minimum atomic E-state index is -0.587. The van der Waals surface area contributed by atoms with E-state index in [1.807, 2.05) is 31.3 Å². The van der Waals surface area contributed by atoms with Crippen LogP contribution < -0.4 is 5.56 Å². The van der Waals surface area contributed by atoms with Crippen molar-refractivity contribution in [1.82, 2.24) is 19.8 Å². The predicted octanol–water partition coefficient (Wildman–Crippen LogP) is 1.29. The Morgan fingerprint density at radius 3 is 2.73 bits per heavy atom. The van der Waals surface area contributed by atoms with Crippen molar-refractivity contribution in [3.63, 3.8) is 0 Å². The summed E-state index contributed by atoms with van der Waals surface area (Å²) in [5.41, 5.74) is 3.26. The van der Waals surface area contributed by atoms with Crippen LogP contribution in [0, 0.1) is 17.2 Å². The molecule has 1 N–H and O–H groups in total. The highest BCUT2D eigenvalue weighted by atomic mass is 16.2. The Morgan fingerprint density at radius 2 is 2.08 bits per heavy atom. The van der Waals surface area contributed by atoms with E-state index in [0.717, 1.165) is 41.8 Å². The van der Waals surface area contributed by atoms with Crippen molar-refractivity contribution in [3.8, 4) is 6.07 Å². The van der Waals surface area contributed by atoms with E-state index in [0.29, 0.717) is 19.5 Å². The van der Waals surface area contributed by atoms with Crippen molar-refractivity contribution >= 4 is 16.9 Å². The molecule has 1 aliphatic rings. The van der Waals surface area contributed by atoms with Crippen LogP contribution in [0.2, 0.25) is 0 Å². The second kappa shape index (κ2) is 7.67. The summed E-state index contributed by atoms with van der Waals surface area (Å²) in [7, 11) is 0. The van der Waals surface area contributed by atoms with Gasteiger partial charge in [-0.3, -0.25) is 19.5 Å². The van der Waals surface area contributed by atoms with E-state index in [2.05, 4.69) is 14.9 Å². The van der Waals surface area contributed by atoms with E-state index < -0.39 is 5.92 Å². The van der Waals surface area contributed by atoms with Gasteiger partial charge in [0.05, 0.1) is 17.1 Å². The highest BCUT2D eigenvalue weighted by Crippen LogP contribution is 2.14. The average Bonchev–Trinajstić information content (AvgIpc) is 2.66. The van der Waals surface area contributed by atoms with Crippen LogP contribution in [0.5, 0.6) is 0 Å². The molecule has 0 bridgehead atoms. The van der Waals surface area contributed by atoms with Crippen molar-refractivity contribution < 1.29 is 4.79 Å². The molecule has 26 heavy (non-hydrogen) atoms. The maximum absolute atomic E-state index is 12.1. The molecule has 7 nitrogen and oxygen atoms in total. The Labute approximate surface area is 152 Å². The van der Waals surface area contributed by atoms with Crippen molar-refractivity contribution in [2.75, 3.05) is 26.2 Å². The minimum Gasteiger partial charge on any atom is -0.339 e. The number of amides is 1. The third-order valence-electron chi connectivity index (χ3n) is 4.86.